The molecule has 4 aromatic rings. The number of H-pyrrole nitrogens is 1. The van der Waals surface area contributed by atoms with Crippen LogP contribution < -0.4 is 10.1 Å². The van der Waals surface area contributed by atoms with Crippen molar-refractivity contribution in [3.63, 3.8) is 0 Å². The first-order valence-corrected chi connectivity index (χ1v) is 13.1. The molecule has 1 saturated carbocycles. The lowest BCUT2D eigenvalue weighted by molar-refractivity contribution is -0.143. The number of carboxylic acid groups (broad SMARTS) is 1. The van der Waals surface area contributed by atoms with E-state index >= 15 is 0 Å². The van der Waals surface area contributed by atoms with Gasteiger partial charge in [-0.3, -0.25) is 0 Å². The van der Waals surface area contributed by atoms with Gasteiger partial charge in [-0.15, -0.1) is 0 Å². The van der Waals surface area contributed by atoms with Crippen LogP contribution in [0.2, 0.25) is 5.02 Å². The fraction of sp³-hybridized carbons (Fsp3) is 0.258. The van der Waals surface area contributed by atoms with E-state index in [1.165, 1.54) is 16.7 Å². The number of halogens is 1. The summed E-state index contributed by atoms with van der Waals surface area (Å²) < 4.78 is 6.26. The monoisotopic (exact) mass is 512 g/mol. The number of fused-ring (bicyclic) bond motifs is 3. The minimum atomic E-state index is -1.03. The average Bonchev–Trinajstić information content (AvgIpc) is 3.49. The van der Waals surface area contributed by atoms with Crippen molar-refractivity contribution in [1.82, 2.24) is 4.98 Å². The molecule has 1 aromatic heterocycles. The Labute approximate surface area is 221 Å². The van der Waals surface area contributed by atoms with Crippen molar-refractivity contribution >= 4 is 40.2 Å². The zero-order valence-electron chi connectivity index (χ0n) is 20.5. The Morgan fingerprint density at radius 1 is 1.00 bits per heavy atom. The molecular weight excluding hydrogens is 484 g/mol. The molecule has 0 unspecified atom stereocenters. The number of ether oxygens (including phenoxy) is 1. The van der Waals surface area contributed by atoms with Gasteiger partial charge in [0.1, 0.15) is 11.3 Å². The summed E-state index contributed by atoms with van der Waals surface area (Å²) in [5.74, 6) is 0.0604. The van der Waals surface area contributed by atoms with Gasteiger partial charge in [0.15, 0.2) is 0 Å². The number of aromatic amines is 1. The fourth-order valence-electron chi connectivity index (χ4n) is 6.25. The molecule has 2 aliphatic carbocycles. The van der Waals surface area contributed by atoms with Crippen molar-refractivity contribution in [3.05, 3.63) is 101 Å². The van der Waals surface area contributed by atoms with E-state index in [1.54, 1.807) is 12.1 Å². The summed E-state index contributed by atoms with van der Waals surface area (Å²) in [5, 5.41) is 15.3. The Bertz CT molecular complexity index is 1500. The lowest BCUT2D eigenvalue weighted by Gasteiger charge is -2.45. The number of carbonyl (C=O) groups is 1. The molecule has 0 saturated heterocycles. The van der Waals surface area contributed by atoms with Crippen molar-refractivity contribution in [2.45, 2.75) is 43.1 Å². The lowest BCUT2D eigenvalue weighted by Crippen LogP contribution is -2.52. The third-order valence-electron chi connectivity index (χ3n) is 8.18. The predicted octanol–water partition coefficient (Wildman–Crippen LogP) is 7.43. The minimum absolute atomic E-state index is 0.172. The number of hydrogen-bond donors (Lipinski definition) is 3. The van der Waals surface area contributed by atoms with Crippen LogP contribution in [0.4, 0.5) is 5.69 Å². The summed E-state index contributed by atoms with van der Waals surface area (Å²) in [4.78, 5) is 15.8. The molecular formula is C31H29ClN2O3. The third kappa shape index (κ3) is 4.17. The molecule has 188 valence electrons. The van der Waals surface area contributed by atoms with Gasteiger partial charge < -0.3 is 20.1 Å². The summed E-state index contributed by atoms with van der Waals surface area (Å²) >= 11 is 6.17. The first-order chi connectivity index (χ1) is 18.0. The third-order valence-corrected chi connectivity index (χ3v) is 8.41. The van der Waals surface area contributed by atoms with Gasteiger partial charge in [0.2, 0.25) is 0 Å². The van der Waals surface area contributed by atoms with Gasteiger partial charge in [-0.25, -0.2) is 4.79 Å². The molecule has 37 heavy (non-hydrogen) atoms. The summed E-state index contributed by atoms with van der Waals surface area (Å²) in [6, 6.07) is 23.9. The van der Waals surface area contributed by atoms with Crippen LogP contribution in [0, 0.1) is 0 Å². The fourth-order valence-corrected chi connectivity index (χ4v) is 6.44. The van der Waals surface area contributed by atoms with Crippen molar-refractivity contribution in [1.29, 1.82) is 0 Å². The molecule has 3 aromatic carbocycles. The molecule has 0 amide bonds. The van der Waals surface area contributed by atoms with E-state index in [9.17, 15) is 9.90 Å². The first kappa shape index (κ1) is 23.7. The number of nitrogens with one attached hydrogen (secondary N) is 2. The molecule has 0 radical (unpaired) electrons. The average molecular weight is 513 g/mol. The molecule has 1 heterocycles. The van der Waals surface area contributed by atoms with Crippen molar-refractivity contribution in [2.24, 2.45) is 0 Å². The Balaban J connectivity index is 1.24. The lowest BCUT2D eigenvalue weighted by atomic mass is 9.62. The second-order valence-electron chi connectivity index (χ2n) is 10.2. The Morgan fingerprint density at radius 3 is 2.62 bits per heavy atom. The van der Waals surface area contributed by atoms with Gasteiger partial charge in [-0.05, 0) is 73.2 Å². The zero-order chi connectivity index (χ0) is 25.5. The van der Waals surface area contributed by atoms with E-state index in [0.717, 1.165) is 41.6 Å². The maximum absolute atomic E-state index is 12.6. The highest BCUT2D eigenvalue weighted by molar-refractivity contribution is 6.30. The molecule has 1 spiro atoms. The second kappa shape index (κ2) is 9.31. The van der Waals surface area contributed by atoms with Gasteiger partial charge in [0.25, 0.3) is 0 Å². The number of anilines is 1. The van der Waals surface area contributed by atoms with Crippen LogP contribution in [0.25, 0.3) is 17.0 Å². The standard InChI is InChI=1S/C31H29ClN2O3/c32-23-6-3-7-24(20-23)34-31(29(35)36)15-13-30(14-16-31)22(19-21-5-1-2-8-26(21)30)12-18-37-28-10-4-9-27-25(28)11-17-33-27/h1-11,17,19-20,33-34H,12-16,18H2,(H,35,36). The van der Waals surface area contributed by atoms with Gasteiger partial charge in [-0.2, -0.15) is 0 Å². The number of hydrogen-bond acceptors (Lipinski definition) is 3. The van der Waals surface area contributed by atoms with Crippen LogP contribution in [0.1, 0.15) is 43.2 Å². The molecule has 1 fully saturated rings. The predicted molar refractivity (Wildman–Crippen MR) is 148 cm³/mol. The van der Waals surface area contributed by atoms with Crippen LogP contribution >= 0.6 is 11.6 Å². The highest BCUT2D eigenvalue weighted by Gasteiger charge is 2.51. The van der Waals surface area contributed by atoms with Crippen LogP contribution in [0.5, 0.6) is 5.75 Å². The quantitative estimate of drug-likeness (QED) is 0.240. The Kier molecular flexibility index (Phi) is 5.96. The van der Waals surface area contributed by atoms with Crippen molar-refractivity contribution in [3.8, 4) is 5.75 Å². The molecule has 6 heteroatoms. The van der Waals surface area contributed by atoms with E-state index < -0.39 is 11.5 Å². The highest BCUT2D eigenvalue weighted by Crippen LogP contribution is 2.54. The summed E-state index contributed by atoms with van der Waals surface area (Å²) in [6.45, 7) is 0.566. The molecule has 0 atom stereocenters. The molecule has 2 aliphatic rings. The molecule has 0 bridgehead atoms. The summed E-state index contributed by atoms with van der Waals surface area (Å²) in [7, 11) is 0. The molecule has 0 aliphatic heterocycles. The number of rotatable bonds is 7. The van der Waals surface area contributed by atoms with Gasteiger partial charge in [0.05, 0.1) is 6.61 Å². The topological polar surface area (TPSA) is 74.3 Å². The zero-order valence-corrected chi connectivity index (χ0v) is 21.2. The summed E-state index contributed by atoms with van der Waals surface area (Å²) in [5.41, 5.74) is 4.47. The number of benzene rings is 3. The largest absolute Gasteiger partial charge is 0.493 e. The minimum Gasteiger partial charge on any atom is -0.493 e. The van der Waals surface area contributed by atoms with Gasteiger partial charge in [0, 0.05) is 39.6 Å². The van der Waals surface area contributed by atoms with Gasteiger partial charge in [-0.1, -0.05) is 59.6 Å². The number of aromatic nitrogens is 1. The number of carboxylic acids is 1. The van der Waals surface area contributed by atoms with Crippen LogP contribution in [-0.2, 0) is 10.2 Å². The van der Waals surface area contributed by atoms with E-state index in [2.05, 4.69) is 40.6 Å². The smallest absolute Gasteiger partial charge is 0.329 e. The van der Waals surface area contributed by atoms with Crippen molar-refractivity contribution < 1.29 is 14.6 Å². The number of aliphatic carboxylic acids is 1. The van der Waals surface area contributed by atoms with Crippen LogP contribution in [0.15, 0.2) is 84.6 Å². The Hall–Kier alpha value is -3.70. The van der Waals surface area contributed by atoms with Gasteiger partial charge >= 0.3 is 5.97 Å². The van der Waals surface area contributed by atoms with Crippen LogP contribution in [-0.4, -0.2) is 28.2 Å². The molecule has 3 N–H and O–H groups in total. The Morgan fingerprint density at radius 2 is 1.81 bits per heavy atom. The first-order valence-electron chi connectivity index (χ1n) is 12.8. The molecule has 5 nitrogen and oxygen atoms in total. The van der Waals surface area contributed by atoms with E-state index in [1.807, 2.05) is 42.6 Å². The highest BCUT2D eigenvalue weighted by atomic mass is 35.5. The normalized spacial score (nSPS) is 22.6. The molecule has 6 rings (SSSR count). The van der Waals surface area contributed by atoms with Crippen LogP contribution in [0.3, 0.4) is 0 Å². The SMILES string of the molecule is O=C(O)C1(Nc2cccc(Cl)c2)CCC2(CC1)C(CCOc1cccc3[nH]ccc13)=Cc1ccccc12. The van der Waals surface area contributed by atoms with E-state index in [4.69, 9.17) is 16.3 Å². The maximum Gasteiger partial charge on any atom is 0.329 e. The van der Waals surface area contributed by atoms with E-state index in [-0.39, 0.29) is 5.41 Å². The second-order valence-corrected chi connectivity index (χ2v) is 10.6. The van der Waals surface area contributed by atoms with Crippen molar-refractivity contribution in [2.75, 3.05) is 11.9 Å². The summed E-state index contributed by atoms with van der Waals surface area (Å²) in [6.07, 6.45) is 7.56. The van der Waals surface area contributed by atoms with E-state index in [0.29, 0.717) is 24.5 Å². The maximum atomic E-state index is 12.6.